The average Bonchev–Trinajstić information content (AvgIpc) is 2.57. The molecule has 1 aromatic carbocycles. The number of benzene rings is 1. The first kappa shape index (κ1) is 18.6. The predicted molar refractivity (Wildman–Crippen MR) is 89.5 cm³/mol. The smallest absolute Gasteiger partial charge is 0.163 e. The summed E-state index contributed by atoms with van der Waals surface area (Å²) in [6.07, 6.45) is 0. The van der Waals surface area contributed by atoms with Gasteiger partial charge in [0, 0.05) is 12.1 Å². The average molecular weight is 342 g/mol. The monoisotopic (exact) mass is 342 g/mol. The number of anilines is 2. The van der Waals surface area contributed by atoms with Crippen LogP contribution in [0.2, 0.25) is 0 Å². The van der Waals surface area contributed by atoms with E-state index >= 15 is 0 Å². The summed E-state index contributed by atoms with van der Waals surface area (Å²) in [5, 5.41) is 0. The van der Waals surface area contributed by atoms with Gasteiger partial charge in [0.25, 0.3) is 0 Å². The number of rotatable bonds is 0. The van der Waals surface area contributed by atoms with E-state index in [0.717, 1.165) is 0 Å². The van der Waals surface area contributed by atoms with Gasteiger partial charge >= 0.3 is 0 Å². The number of hydrogen-bond donors (Lipinski definition) is 2. The second-order valence-corrected chi connectivity index (χ2v) is 5.07. The maximum atomic E-state index is 5.83. The summed E-state index contributed by atoms with van der Waals surface area (Å²) in [6.45, 7) is 4.73. The van der Waals surface area contributed by atoms with Gasteiger partial charge in [-0.3, -0.25) is 0 Å². The molecule has 136 valence electrons. The molecule has 8 heteroatoms. The van der Waals surface area contributed by atoms with Gasteiger partial charge in [-0.1, -0.05) is 0 Å². The number of nitrogens with two attached hydrogens (primary N) is 2. The van der Waals surface area contributed by atoms with Gasteiger partial charge in [-0.2, -0.15) is 0 Å². The number of nitrogen functional groups attached to an aromatic ring is 2. The molecule has 0 bridgehead atoms. The van der Waals surface area contributed by atoms with Gasteiger partial charge in [-0.15, -0.1) is 0 Å². The number of hydrogen-bond acceptors (Lipinski definition) is 8. The first-order chi connectivity index (χ1) is 11.8. The van der Waals surface area contributed by atoms with Crippen molar-refractivity contribution in [2.24, 2.45) is 0 Å². The third-order valence-corrected chi connectivity index (χ3v) is 3.24. The van der Waals surface area contributed by atoms with Crippen LogP contribution in [-0.4, -0.2) is 66.1 Å². The van der Waals surface area contributed by atoms with Crippen LogP contribution in [0.4, 0.5) is 11.4 Å². The lowest BCUT2D eigenvalue weighted by Gasteiger charge is -2.15. The lowest BCUT2D eigenvalue weighted by atomic mass is 10.2. The van der Waals surface area contributed by atoms with Crippen LogP contribution in [0.3, 0.4) is 0 Å². The molecule has 1 heterocycles. The first-order valence-electron chi connectivity index (χ1n) is 8.03. The van der Waals surface area contributed by atoms with Crippen LogP contribution < -0.4 is 20.9 Å². The Morgan fingerprint density at radius 1 is 0.500 bits per heavy atom. The lowest BCUT2D eigenvalue weighted by Crippen LogP contribution is -2.16. The van der Waals surface area contributed by atoms with E-state index in [0.29, 0.717) is 88.9 Å². The molecule has 0 radical (unpaired) electrons. The van der Waals surface area contributed by atoms with Crippen molar-refractivity contribution in [2.75, 3.05) is 77.5 Å². The van der Waals surface area contributed by atoms with E-state index in [9.17, 15) is 0 Å². The summed E-state index contributed by atoms with van der Waals surface area (Å²) in [5.41, 5.74) is 12.6. The van der Waals surface area contributed by atoms with E-state index in [1.165, 1.54) is 0 Å². The minimum absolute atomic E-state index is 0.374. The molecule has 1 aliphatic rings. The Balaban J connectivity index is 1.90. The number of fused-ring (bicyclic) bond motifs is 1. The summed E-state index contributed by atoms with van der Waals surface area (Å²) in [6, 6.07) is 3.31. The highest BCUT2D eigenvalue weighted by Gasteiger charge is 2.09. The van der Waals surface area contributed by atoms with Crippen molar-refractivity contribution in [1.29, 1.82) is 0 Å². The van der Waals surface area contributed by atoms with E-state index in [1.54, 1.807) is 12.1 Å². The largest absolute Gasteiger partial charge is 0.487 e. The molecule has 1 aromatic rings. The van der Waals surface area contributed by atoms with Crippen LogP contribution in [0, 0.1) is 0 Å². The zero-order valence-electron chi connectivity index (χ0n) is 13.8. The molecule has 0 fully saturated rings. The Morgan fingerprint density at radius 3 is 1.12 bits per heavy atom. The predicted octanol–water partition coefficient (Wildman–Crippen LogP) is 0.689. The highest BCUT2D eigenvalue weighted by molar-refractivity contribution is 5.69. The zero-order valence-corrected chi connectivity index (χ0v) is 13.8. The molecule has 0 aromatic heterocycles. The van der Waals surface area contributed by atoms with Crippen LogP contribution in [-0.2, 0) is 18.9 Å². The third-order valence-electron chi connectivity index (χ3n) is 3.24. The van der Waals surface area contributed by atoms with Crippen molar-refractivity contribution >= 4 is 11.4 Å². The molecule has 0 saturated carbocycles. The minimum atomic E-state index is 0.374. The second-order valence-electron chi connectivity index (χ2n) is 5.07. The maximum Gasteiger partial charge on any atom is 0.163 e. The molecule has 0 aliphatic carbocycles. The highest BCUT2D eigenvalue weighted by atomic mass is 16.6. The summed E-state index contributed by atoms with van der Waals surface area (Å²) in [7, 11) is 0. The molecule has 0 amide bonds. The van der Waals surface area contributed by atoms with Crippen molar-refractivity contribution in [2.45, 2.75) is 0 Å². The molecule has 24 heavy (non-hydrogen) atoms. The van der Waals surface area contributed by atoms with E-state index in [4.69, 9.17) is 39.9 Å². The van der Waals surface area contributed by atoms with Crippen LogP contribution in [0.25, 0.3) is 0 Å². The Hall–Kier alpha value is -1.74. The van der Waals surface area contributed by atoms with Gasteiger partial charge in [0.15, 0.2) is 11.5 Å². The van der Waals surface area contributed by atoms with Crippen LogP contribution in [0.1, 0.15) is 0 Å². The lowest BCUT2D eigenvalue weighted by molar-refractivity contribution is -0.00840. The van der Waals surface area contributed by atoms with Gasteiger partial charge in [-0.05, 0) is 0 Å². The van der Waals surface area contributed by atoms with Crippen molar-refractivity contribution < 1.29 is 28.4 Å². The van der Waals surface area contributed by atoms with Crippen molar-refractivity contribution in [1.82, 2.24) is 0 Å². The first-order valence-corrected chi connectivity index (χ1v) is 8.03. The zero-order chi connectivity index (χ0) is 17.0. The molecule has 1 aliphatic heterocycles. The molecule has 0 saturated heterocycles. The number of ether oxygens (including phenoxy) is 6. The fourth-order valence-electron chi connectivity index (χ4n) is 2.00. The molecular weight excluding hydrogens is 316 g/mol. The van der Waals surface area contributed by atoms with Crippen molar-refractivity contribution in [3.63, 3.8) is 0 Å². The van der Waals surface area contributed by atoms with Crippen molar-refractivity contribution in [3.05, 3.63) is 12.1 Å². The van der Waals surface area contributed by atoms with Gasteiger partial charge in [0.2, 0.25) is 0 Å². The van der Waals surface area contributed by atoms with E-state index < -0.39 is 0 Å². The Kier molecular flexibility index (Phi) is 8.47. The third kappa shape index (κ3) is 6.79. The Labute approximate surface area is 141 Å². The fourth-order valence-corrected chi connectivity index (χ4v) is 2.00. The molecule has 0 unspecified atom stereocenters. The summed E-state index contributed by atoms with van der Waals surface area (Å²) < 4.78 is 33.0. The quantitative estimate of drug-likeness (QED) is 0.663. The molecule has 2 rings (SSSR count). The standard InChI is InChI=1S/C16H26N2O6/c17-13-11-15-16(12-14(13)18)24-10-8-22-6-4-20-2-1-19-3-5-21-7-9-23-15/h11-12H,1-10,17-18H2. The SMILES string of the molecule is Nc1cc2c(cc1N)OCCOCCOCCOCCOCCO2. The Bertz CT molecular complexity index is 443. The molecule has 8 nitrogen and oxygen atoms in total. The molecule has 0 spiro atoms. The summed E-state index contributed by atoms with van der Waals surface area (Å²) in [5.74, 6) is 1.07. The molecule has 4 N–H and O–H groups in total. The van der Waals surface area contributed by atoms with E-state index in [2.05, 4.69) is 0 Å². The normalized spacial score (nSPS) is 19.2. The highest BCUT2D eigenvalue weighted by Crippen LogP contribution is 2.33. The fraction of sp³-hybridized carbons (Fsp3) is 0.625. The minimum Gasteiger partial charge on any atom is -0.487 e. The summed E-state index contributed by atoms with van der Waals surface area (Å²) in [4.78, 5) is 0. The molecule has 0 atom stereocenters. The van der Waals surface area contributed by atoms with Gasteiger partial charge in [0.1, 0.15) is 13.2 Å². The van der Waals surface area contributed by atoms with Crippen molar-refractivity contribution in [3.8, 4) is 11.5 Å². The van der Waals surface area contributed by atoms with E-state index in [-0.39, 0.29) is 0 Å². The second kappa shape index (κ2) is 10.9. The van der Waals surface area contributed by atoms with Crippen LogP contribution >= 0.6 is 0 Å². The molecular formula is C16H26N2O6. The Morgan fingerprint density at radius 2 is 0.792 bits per heavy atom. The topological polar surface area (TPSA) is 107 Å². The van der Waals surface area contributed by atoms with Gasteiger partial charge < -0.3 is 39.9 Å². The van der Waals surface area contributed by atoms with E-state index in [1.807, 2.05) is 0 Å². The van der Waals surface area contributed by atoms with Crippen LogP contribution in [0.5, 0.6) is 11.5 Å². The van der Waals surface area contributed by atoms with Crippen LogP contribution in [0.15, 0.2) is 12.1 Å². The van der Waals surface area contributed by atoms with Gasteiger partial charge in [0.05, 0.1) is 64.2 Å². The summed E-state index contributed by atoms with van der Waals surface area (Å²) >= 11 is 0. The van der Waals surface area contributed by atoms with Gasteiger partial charge in [-0.25, -0.2) is 0 Å². The maximum absolute atomic E-state index is 5.83.